The molecule has 0 saturated carbocycles. The van der Waals surface area contributed by atoms with Gasteiger partial charge in [0.15, 0.2) is 0 Å². The van der Waals surface area contributed by atoms with E-state index in [2.05, 4.69) is 21.2 Å². The van der Waals surface area contributed by atoms with Crippen LogP contribution in [0.2, 0.25) is 10.0 Å². The summed E-state index contributed by atoms with van der Waals surface area (Å²) in [6.45, 7) is 0. The van der Waals surface area contributed by atoms with Crippen molar-refractivity contribution in [1.29, 1.82) is 5.26 Å². The highest BCUT2D eigenvalue weighted by Crippen LogP contribution is 2.35. The Morgan fingerprint density at radius 3 is 2.18 bits per heavy atom. The van der Waals surface area contributed by atoms with Gasteiger partial charge in [0.05, 0.1) is 26.2 Å². The lowest BCUT2D eigenvalue weighted by Gasteiger charge is -2.09. The predicted octanol–water partition coefficient (Wildman–Crippen LogP) is 6.43. The third-order valence-electron chi connectivity index (χ3n) is 4.32. The van der Waals surface area contributed by atoms with Gasteiger partial charge in [-0.05, 0) is 48.0 Å². The zero-order valence-corrected chi connectivity index (χ0v) is 20.0. The number of amides is 1. The van der Waals surface area contributed by atoms with Crippen molar-refractivity contribution in [3.05, 3.63) is 102 Å². The molecular formula is C23H12BrCl2N3O5. The van der Waals surface area contributed by atoms with Gasteiger partial charge in [-0.15, -0.1) is 0 Å². The second-order valence-electron chi connectivity index (χ2n) is 6.63. The fourth-order valence-corrected chi connectivity index (χ4v) is 3.50. The number of benzene rings is 3. The molecule has 170 valence electrons. The topological polar surface area (TPSA) is 122 Å². The van der Waals surface area contributed by atoms with Gasteiger partial charge in [0.25, 0.3) is 11.6 Å². The average molecular weight is 561 g/mol. The van der Waals surface area contributed by atoms with E-state index in [1.807, 2.05) is 0 Å². The van der Waals surface area contributed by atoms with Crippen molar-refractivity contribution in [3.8, 4) is 11.8 Å². The minimum absolute atomic E-state index is 0.0599. The summed E-state index contributed by atoms with van der Waals surface area (Å²) in [7, 11) is 0. The number of hydrogen-bond acceptors (Lipinski definition) is 6. The number of nitro groups is 1. The lowest BCUT2D eigenvalue weighted by atomic mass is 10.1. The summed E-state index contributed by atoms with van der Waals surface area (Å²) in [6, 6.07) is 16.7. The molecule has 0 spiro atoms. The van der Waals surface area contributed by atoms with E-state index in [1.54, 1.807) is 42.5 Å². The van der Waals surface area contributed by atoms with Gasteiger partial charge in [-0.1, -0.05) is 51.3 Å². The second kappa shape index (κ2) is 10.9. The van der Waals surface area contributed by atoms with Crippen molar-refractivity contribution in [2.24, 2.45) is 0 Å². The van der Waals surface area contributed by atoms with Gasteiger partial charge in [-0.3, -0.25) is 14.9 Å². The predicted molar refractivity (Wildman–Crippen MR) is 131 cm³/mol. The smallest absolute Gasteiger partial charge is 0.343 e. The Morgan fingerprint density at radius 1 is 1.06 bits per heavy atom. The van der Waals surface area contributed by atoms with Gasteiger partial charge in [-0.2, -0.15) is 5.26 Å². The Bertz CT molecular complexity index is 1330. The SMILES string of the molecule is N#C/C(=C\c1ccc(OC(=O)c2ccc(Br)cc2)cc1)C(=O)Nc1c(Cl)cc([N+](=O)[O-])cc1Cl. The number of non-ortho nitro benzene ring substituents is 1. The Morgan fingerprint density at radius 2 is 1.65 bits per heavy atom. The highest BCUT2D eigenvalue weighted by Gasteiger charge is 2.18. The summed E-state index contributed by atoms with van der Waals surface area (Å²) < 4.78 is 6.14. The van der Waals surface area contributed by atoms with Crippen LogP contribution in [0.15, 0.2) is 70.7 Å². The Hall–Kier alpha value is -3.71. The quantitative estimate of drug-likeness (QED) is 0.0925. The van der Waals surface area contributed by atoms with E-state index < -0.39 is 16.8 Å². The van der Waals surface area contributed by atoms with E-state index in [9.17, 15) is 25.0 Å². The minimum Gasteiger partial charge on any atom is -0.423 e. The van der Waals surface area contributed by atoms with Crippen LogP contribution in [-0.4, -0.2) is 16.8 Å². The van der Waals surface area contributed by atoms with Crippen molar-refractivity contribution in [2.75, 3.05) is 5.32 Å². The molecule has 0 aliphatic heterocycles. The van der Waals surface area contributed by atoms with Crippen LogP contribution in [0.1, 0.15) is 15.9 Å². The van der Waals surface area contributed by atoms with Crippen molar-refractivity contribution in [1.82, 2.24) is 0 Å². The number of anilines is 1. The molecule has 0 saturated heterocycles. The molecule has 0 heterocycles. The number of hydrogen-bond donors (Lipinski definition) is 1. The van der Waals surface area contributed by atoms with Gasteiger partial charge >= 0.3 is 5.97 Å². The first-order valence-corrected chi connectivity index (χ1v) is 10.9. The molecule has 0 fully saturated rings. The molecule has 3 aromatic rings. The van der Waals surface area contributed by atoms with Crippen LogP contribution in [0.5, 0.6) is 5.75 Å². The first kappa shape index (κ1) is 24.9. The number of carbonyl (C=O) groups is 2. The standard InChI is InChI=1S/C23H12BrCl2N3O5/c24-16-5-3-14(4-6-16)23(31)34-18-7-1-13(2-8-18)9-15(12-27)22(30)28-21-19(25)10-17(29(32)33)11-20(21)26/h1-11H,(H,28,30)/b15-9+. The van der Waals surface area contributed by atoms with Gasteiger partial charge in [0, 0.05) is 16.6 Å². The summed E-state index contributed by atoms with van der Waals surface area (Å²) in [5, 5.41) is 22.4. The largest absolute Gasteiger partial charge is 0.423 e. The average Bonchev–Trinajstić information content (AvgIpc) is 2.80. The molecule has 34 heavy (non-hydrogen) atoms. The van der Waals surface area contributed by atoms with E-state index in [0.717, 1.165) is 16.6 Å². The number of nitriles is 1. The summed E-state index contributed by atoms with van der Waals surface area (Å²) in [5.41, 5.74) is 0.181. The van der Waals surface area contributed by atoms with Crippen molar-refractivity contribution >= 4 is 68.5 Å². The van der Waals surface area contributed by atoms with Crippen molar-refractivity contribution in [2.45, 2.75) is 0 Å². The molecule has 0 radical (unpaired) electrons. The number of nitrogens with one attached hydrogen (secondary N) is 1. The number of halogens is 3. The fraction of sp³-hybridized carbons (Fsp3) is 0. The molecule has 0 aliphatic carbocycles. The molecule has 1 amide bonds. The summed E-state index contributed by atoms with van der Waals surface area (Å²) in [6.07, 6.45) is 1.31. The monoisotopic (exact) mass is 559 g/mol. The number of nitrogens with zero attached hydrogens (tertiary/aromatic N) is 2. The molecule has 0 bridgehead atoms. The summed E-state index contributed by atoms with van der Waals surface area (Å²) in [5.74, 6) is -1.08. The molecule has 3 aromatic carbocycles. The van der Waals surface area contributed by atoms with E-state index in [1.165, 1.54) is 18.2 Å². The van der Waals surface area contributed by atoms with Gasteiger partial charge < -0.3 is 10.1 Å². The van der Waals surface area contributed by atoms with Crippen LogP contribution < -0.4 is 10.1 Å². The van der Waals surface area contributed by atoms with E-state index in [4.69, 9.17) is 27.9 Å². The molecule has 8 nitrogen and oxygen atoms in total. The highest BCUT2D eigenvalue weighted by molar-refractivity contribution is 9.10. The van der Waals surface area contributed by atoms with Gasteiger partial charge in [0.1, 0.15) is 17.4 Å². The van der Waals surface area contributed by atoms with Crippen molar-refractivity contribution < 1.29 is 19.2 Å². The van der Waals surface area contributed by atoms with Crippen LogP contribution in [0, 0.1) is 21.4 Å². The first-order valence-electron chi connectivity index (χ1n) is 9.32. The molecule has 1 N–H and O–H groups in total. The van der Waals surface area contributed by atoms with Gasteiger partial charge in [0.2, 0.25) is 0 Å². The second-order valence-corrected chi connectivity index (χ2v) is 8.36. The van der Waals surface area contributed by atoms with E-state index in [-0.39, 0.29) is 32.7 Å². The molecular weight excluding hydrogens is 549 g/mol. The summed E-state index contributed by atoms with van der Waals surface area (Å²) >= 11 is 15.3. The number of esters is 1. The van der Waals surface area contributed by atoms with Crippen LogP contribution in [0.3, 0.4) is 0 Å². The number of ether oxygens (including phenoxy) is 1. The number of rotatable bonds is 6. The van der Waals surface area contributed by atoms with E-state index >= 15 is 0 Å². The van der Waals surface area contributed by atoms with Crippen LogP contribution in [0.25, 0.3) is 6.08 Å². The third-order valence-corrected chi connectivity index (χ3v) is 5.45. The first-order chi connectivity index (χ1) is 16.2. The zero-order valence-electron chi connectivity index (χ0n) is 16.9. The lowest BCUT2D eigenvalue weighted by Crippen LogP contribution is -2.14. The molecule has 11 heteroatoms. The Balaban J connectivity index is 1.73. The Labute approximate surface area is 211 Å². The molecule has 0 unspecified atom stereocenters. The van der Waals surface area contributed by atoms with Crippen LogP contribution in [0.4, 0.5) is 11.4 Å². The minimum atomic E-state index is -0.814. The third kappa shape index (κ3) is 6.20. The maximum Gasteiger partial charge on any atom is 0.343 e. The number of carbonyl (C=O) groups excluding carboxylic acids is 2. The van der Waals surface area contributed by atoms with Crippen molar-refractivity contribution in [3.63, 3.8) is 0 Å². The zero-order chi connectivity index (χ0) is 24.8. The fourth-order valence-electron chi connectivity index (χ4n) is 2.66. The molecule has 3 rings (SSSR count). The summed E-state index contributed by atoms with van der Waals surface area (Å²) in [4.78, 5) is 35.0. The molecule has 0 aromatic heterocycles. The van der Waals surface area contributed by atoms with Crippen LogP contribution in [-0.2, 0) is 4.79 Å². The molecule has 0 atom stereocenters. The van der Waals surface area contributed by atoms with E-state index in [0.29, 0.717) is 11.1 Å². The lowest BCUT2D eigenvalue weighted by molar-refractivity contribution is -0.384. The molecule has 0 aliphatic rings. The maximum absolute atomic E-state index is 12.5. The normalized spacial score (nSPS) is 10.8. The van der Waals surface area contributed by atoms with Crippen LogP contribution >= 0.6 is 39.1 Å². The Kier molecular flexibility index (Phi) is 8.02. The maximum atomic E-state index is 12.5. The highest BCUT2D eigenvalue weighted by atomic mass is 79.9. The van der Waals surface area contributed by atoms with Gasteiger partial charge in [-0.25, -0.2) is 4.79 Å². The number of nitro benzene ring substituents is 1.